The summed E-state index contributed by atoms with van der Waals surface area (Å²) >= 11 is 0. The molecule has 0 fully saturated rings. The van der Waals surface area contributed by atoms with Gasteiger partial charge in [-0.25, -0.2) is 0 Å². The van der Waals surface area contributed by atoms with E-state index < -0.39 is 0 Å². The minimum absolute atomic E-state index is 0.490. The molecule has 0 aliphatic heterocycles. The average Bonchev–Trinajstić information content (AvgIpc) is 2.58. The largest absolute Gasteiger partial charge is 0.382 e. The Morgan fingerprint density at radius 3 is 2.94 bits per heavy atom. The normalized spacial score (nSPS) is 23.4. The van der Waals surface area contributed by atoms with Crippen molar-refractivity contribution < 1.29 is 4.74 Å². The van der Waals surface area contributed by atoms with E-state index in [0.717, 1.165) is 19.6 Å². The third-order valence-corrected chi connectivity index (χ3v) is 4.03. The average molecular weight is 247 g/mol. The summed E-state index contributed by atoms with van der Waals surface area (Å²) in [5.74, 6) is 0.699. The van der Waals surface area contributed by atoms with Gasteiger partial charge in [0.15, 0.2) is 0 Å². The van der Waals surface area contributed by atoms with Gasteiger partial charge in [0.05, 0.1) is 0 Å². The molecule has 2 nitrogen and oxygen atoms in total. The van der Waals surface area contributed by atoms with Gasteiger partial charge in [-0.15, -0.1) is 0 Å². The summed E-state index contributed by atoms with van der Waals surface area (Å²) in [6.07, 6.45) is 4.98. The summed E-state index contributed by atoms with van der Waals surface area (Å²) in [7, 11) is 2.08. The van der Waals surface area contributed by atoms with Gasteiger partial charge in [0.25, 0.3) is 0 Å². The van der Waals surface area contributed by atoms with Crippen LogP contribution in [0.15, 0.2) is 24.3 Å². The lowest BCUT2D eigenvalue weighted by Gasteiger charge is -2.26. The monoisotopic (exact) mass is 247 g/mol. The summed E-state index contributed by atoms with van der Waals surface area (Å²) in [6.45, 7) is 3.78. The number of nitrogens with one attached hydrogen (secondary N) is 1. The molecule has 18 heavy (non-hydrogen) atoms. The van der Waals surface area contributed by atoms with Crippen LogP contribution < -0.4 is 5.32 Å². The Labute approximate surface area is 111 Å². The molecular weight excluding hydrogens is 222 g/mol. The van der Waals surface area contributed by atoms with Crippen LogP contribution in [0, 0.1) is 5.92 Å². The van der Waals surface area contributed by atoms with E-state index in [-0.39, 0.29) is 0 Å². The zero-order valence-electron chi connectivity index (χ0n) is 11.6. The van der Waals surface area contributed by atoms with Crippen molar-refractivity contribution in [2.45, 2.75) is 38.6 Å². The molecule has 0 aromatic heterocycles. The van der Waals surface area contributed by atoms with E-state index >= 15 is 0 Å². The zero-order chi connectivity index (χ0) is 12.8. The molecule has 1 aliphatic rings. The maximum absolute atomic E-state index is 5.53. The topological polar surface area (TPSA) is 21.3 Å². The van der Waals surface area contributed by atoms with E-state index in [1.54, 1.807) is 0 Å². The Morgan fingerprint density at radius 1 is 1.33 bits per heavy atom. The van der Waals surface area contributed by atoms with Crippen LogP contribution in [-0.4, -0.2) is 20.3 Å². The fourth-order valence-corrected chi connectivity index (χ4v) is 3.12. The maximum Gasteiger partial charge on any atom is 0.0469 e. The second-order valence-electron chi connectivity index (χ2n) is 5.10. The Bertz CT molecular complexity index is 364. The van der Waals surface area contributed by atoms with Crippen molar-refractivity contribution in [3.05, 3.63) is 35.4 Å². The number of benzene rings is 1. The SMILES string of the molecule is CCOCCC1CCCc2ccccc2C1NC. The first-order valence-corrected chi connectivity index (χ1v) is 7.19. The van der Waals surface area contributed by atoms with Crippen molar-refractivity contribution in [1.29, 1.82) is 0 Å². The van der Waals surface area contributed by atoms with Crippen molar-refractivity contribution >= 4 is 0 Å². The highest BCUT2D eigenvalue weighted by atomic mass is 16.5. The van der Waals surface area contributed by atoms with Gasteiger partial charge in [-0.1, -0.05) is 24.3 Å². The van der Waals surface area contributed by atoms with Gasteiger partial charge in [0.1, 0.15) is 0 Å². The predicted octanol–water partition coefficient (Wildman–Crippen LogP) is 3.33. The fraction of sp³-hybridized carbons (Fsp3) is 0.625. The molecule has 2 heteroatoms. The second kappa shape index (κ2) is 6.91. The highest BCUT2D eigenvalue weighted by Gasteiger charge is 2.25. The van der Waals surface area contributed by atoms with Crippen LogP contribution in [0.25, 0.3) is 0 Å². The molecular formula is C16H25NO. The van der Waals surface area contributed by atoms with Crippen molar-refractivity contribution in [2.75, 3.05) is 20.3 Å². The highest BCUT2D eigenvalue weighted by Crippen LogP contribution is 2.34. The molecule has 1 aliphatic carbocycles. The third-order valence-electron chi connectivity index (χ3n) is 4.03. The zero-order valence-corrected chi connectivity index (χ0v) is 11.6. The number of aryl methyl sites for hydroxylation is 1. The summed E-state index contributed by atoms with van der Waals surface area (Å²) < 4.78 is 5.53. The first-order chi connectivity index (χ1) is 8.86. The smallest absolute Gasteiger partial charge is 0.0469 e. The Hall–Kier alpha value is -0.860. The molecule has 0 saturated carbocycles. The molecule has 0 radical (unpaired) electrons. The van der Waals surface area contributed by atoms with Crippen molar-refractivity contribution in [1.82, 2.24) is 5.32 Å². The van der Waals surface area contributed by atoms with Crippen LogP contribution >= 0.6 is 0 Å². The second-order valence-corrected chi connectivity index (χ2v) is 5.10. The molecule has 2 unspecified atom stereocenters. The molecule has 0 amide bonds. The minimum Gasteiger partial charge on any atom is -0.382 e. The van der Waals surface area contributed by atoms with E-state index in [1.165, 1.54) is 30.4 Å². The highest BCUT2D eigenvalue weighted by molar-refractivity contribution is 5.31. The van der Waals surface area contributed by atoms with Crippen LogP contribution in [0.3, 0.4) is 0 Å². The first kappa shape index (κ1) is 13.6. The summed E-state index contributed by atoms with van der Waals surface area (Å²) in [4.78, 5) is 0. The lowest BCUT2D eigenvalue weighted by atomic mass is 9.88. The van der Waals surface area contributed by atoms with Gasteiger partial charge in [0.2, 0.25) is 0 Å². The molecule has 0 bridgehead atoms. The van der Waals surface area contributed by atoms with E-state index in [9.17, 15) is 0 Å². The lowest BCUT2D eigenvalue weighted by molar-refractivity contribution is 0.123. The van der Waals surface area contributed by atoms with Gasteiger partial charge in [-0.2, -0.15) is 0 Å². The van der Waals surface area contributed by atoms with Gasteiger partial charge in [-0.3, -0.25) is 0 Å². The molecule has 0 spiro atoms. The number of hydrogen-bond acceptors (Lipinski definition) is 2. The molecule has 1 aromatic rings. The first-order valence-electron chi connectivity index (χ1n) is 7.19. The number of ether oxygens (including phenoxy) is 1. The number of fused-ring (bicyclic) bond motifs is 1. The Kier molecular flexibility index (Phi) is 5.21. The van der Waals surface area contributed by atoms with Gasteiger partial charge < -0.3 is 10.1 Å². The third kappa shape index (κ3) is 3.12. The van der Waals surface area contributed by atoms with Gasteiger partial charge in [-0.05, 0) is 56.7 Å². The summed E-state index contributed by atoms with van der Waals surface area (Å²) in [5, 5.41) is 3.52. The van der Waals surface area contributed by atoms with Crippen LogP contribution in [-0.2, 0) is 11.2 Å². The van der Waals surface area contributed by atoms with Crippen LogP contribution in [0.2, 0.25) is 0 Å². The standard InChI is InChI=1S/C16H25NO/c1-3-18-12-11-14-9-6-8-13-7-4-5-10-15(13)16(14)17-2/h4-5,7,10,14,16-17H,3,6,8-9,11-12H2,1-2H3. The summed E-state index contributed by atoms with van der Waals surface area (Å²) in [6, 6.07) is 9.38. The van der Waals surface area contributed by atoms with Crippen molar-refractivity contribution in [3.8, 4) is 0 Å². The van der Waals surface area contributed by atoms with Crippen molar-refractivity contribution in [2.24, 2.45) is 5.92 Å². The van der Waals surface area contributed by atoms with Crippen LogP contribution in [0.1, 0.15) is 43.4 Å². The molecule has 2 atom stereocenters. The lowest BCUT2D eigenvalue weighted by Crippen LogP contribution is -2.26. The molecule has 0 saturated heterocycles. The minimum atomic E-state index is 0.490. The van der Waals surface area contributed by atoms with Gasteiger partial charge >= 0.3 is 0 Å². The van der Waals surface area contributed by atoms with E-state index in [4.69, 9.17) is 4.74 Å². The van der Waals surface area contributed by atoms with Crippen LogP contribution in [0.5, 0.6) is 0 Å². The Morgan fingerprint density at radius 2 is 2.17 bits per heavy atom. The Balaban J connectivity index is 2.12. The van der Waals surface area contributed by atoms with Crippen molar-refractivity contribution in [3.63, 3.8) is 0 Å². The molecule has 1 aromatic carbocycles. The van der Waals surface area contributed by atoms with E-state index in [1.807, 2.05) is 0 Å². The molecule has 100 valence electrons. The number of rotatable bonds is 5. The predicted molar refractivity (Wildman–Crippen MR) is 75.8 cm³/mol. The fourth-order valence-electron chi connectivity index (χ4n) is 3.12. The van der Waals surface area contributed by atoms with Gasteiger partial charge in [0, 0.05) is 19.3 Å². The molecule has 2 rings (SSSR count). The van der Waals surface area contributed by atoms with E-state index in [2.05, 4.69) is 43.6 Å². The van der Waals surface area contributed by atoms with E-state index in [0.29, 0.717) is 12.0 Å². The quantitative estimate of drug-likeness (QED) is 0.636. The molecule has 1 N–H and O–H groups in total. The maximum atomic E-state index is 5.53. The number of hydrogen-bond donors (Lipinski definition) is 1. The summed E-state index contributed by atoms with van der Waals surface area (Å²) in [5.41, 5.74) is 3.02. The molecule has 0 heterocycles. The van der Waals surface area contributed by atoms with Crippen LogP contribution in [0.4, 0.5) is 0 Å².